The summed E-state index contributed by atoms with van der Waals surface area (Å²) in [7, 11) is 10.3. The van der Waals surface area contributed by atoms with E-state index in [-0.39, 0.29) is 0 Å². The fourth-order valence-electron chi connectivity index (χ4n) is 25.8. The lowest BCUT2D eigenvalue weighted by molar-refractivity contribution is -0.665. The predicted octanol–water partition coefficient (Wildman–Crippen LogP) is 34.4. The van der Waals surface area contributed by atoms with Gasteiger partial charge in [-0.2, -0.15) is 13.7 Å². The molecule has 0 aliphatic heterocycles. The smallest absolute Gasteiger partial charge is 0.200 e. The standard InChI is InChI=1S/C30H38N.C28H34N.C26H32N.2C25H30N/c1-21-14-15-27-25(18-21)16-17-31(3)30(27)29-20-26(23-10-6-4-7-11-23)19-28(22(29)2)24-12-8-5-9-13-24;1-19-12-13-25-23(16-19)14-15-29(3)28(25)27-18-24(21-8-4-5-9-21)17-26(20(27)2)22-10-6-7-11-22;1-17-11-12-24-23(13-17)15-19(3)27(5)26(24)25-16-22(14-18(2)20(25)4)21-9-7-6-8-10-21;1-16-10-11-23-22(12-16)14-18(3)26(5)25(23)24-15-21(13-17(2)19(24)4)20-8-6-7-9-20;1-17-10-13-23-22(14-17)15-19(3)26(4)25(23)24-16-21(12-11-18(24)2)20-8-6-5-7-9-20/h14-20,23-24H,4-13H2,1-3H3;12-18,21-22H,4-11H2,1-3H3;11-16,21H,6-10H2,1-5H3;10-15,20H,6-9H2,1-5H3;10-16,20H,5-9H2,1-4H3/q5*+1/i16D,17D;14D,15D;15D;14D;15D. The topological polar surface area (TPSA) is 19.4 Å². The van der Waals surface area contributed by atoms with Crippen molar-refractivity contribution in [2.24, 2.45) is 35.2 Å². The first-order chi connectivity index (χ1) is 70.1. The number of nitrogens with zero attached hydrogens (tertiary/aromatic N) is 5. The van der Waals surface area contributed by atoms with Crippen molar-refractivity contribution in [3.63, 3.8) is 0 Å². The van der Waals surface area contributed by atoms with E-state index in [0.717, 1.165) is 77.3 Å². The van der Waals surface area contributed by atoms with Gasteiger partial charge in [0.2, 0.25) is 28.5 Å². The van der Waals surface area contributed by atoms with Crippen LogP contribution in [0.15, 0.2) is 200 Å². The molecule has 7 aliphatic rings. The van der Waals surface area contributed by atoms with E-state index in [1.807, 2.05) is 23.2 Å². The number of fused-ring (bicyclic) bond motifs is 5. The van der Waals surface area contributed by atoms with E-state index in [2.05, 4.69) is 296 Å². The van der Waals surface area contributed by atoms with Crippen LogP contribution in [0.25, 0.3) is 110 Å². The van der Waals surface area contributed by atoms with Crippen molar-refractivity contribution >= 4 is 53.9 Å². The number of rotatable bonds is 12. The van der Waals surface area contributed by atoms with Crippen molar-refractivity contribution in [2.45, 2.75) is 351 Å². The summed E-state index contributed by atoms with van der Waals surface area (Å²) in [5.41, 5.74) is 41.6. The Morgan fingerprint density at radius 3 is 0.770 bits per heavy atom. The molecule has 139 heavy (non-hydrogen) atoms. The third kappa shape index (κ3) is 21.3. The van der Waals surface area contributed by atoms with E-state index in [1.54, 1.807) is 11.1 Å². The van der Waals surface area contributed by atoms with Crippen molar-refractivity contribution in [1.29, 1.82) is 0 Å². The molecule has 0 spiro atoms. The van der Waals surface area contributed by atoms with Crippen LogP contribution in [-0.2, 0) is 35.2 Å². The second-order valence-electron chi connectivity index (χ2n) is 44.3. The van der Waals surface area contributed by atoms with Crippen LogP contribution in [0.4, 0.5) is 0 Å². The molecule has 5 aromatic heterocycles. The molecular formula is C134H164N5+5. The monoisotopic (exact) mass is 1850 g/mol. The van der Waals surface area contributed by atoms with Gasteiger partial charge in [-0.1, -0.05) is 240 Å². The van der Waals surface area contributed by atoms with Gasteiger partial charge < -0.3 is 0 Å². The Morgan fingerprint density at radius 2 is 0.460 bits per heavy atom. The summed E-state index contributed by atoms with van der Waals surface area (Å²) in [5.74, 6) is 4.76. The first kappa shape index (κ1) is 89.6. The van der Waals surface area contributed by atoms with Crippen LogP contribution < -0.4 is 22.8 Å². The molecule has 5 heteroatoms. The number of hydrogen-bond acceptors (Lipinski definition) is 0. The molecule has 7 saturated carbocycles. The number of aromatic nitrogens is 5. The van der Waals surface area contributed by atoms with Crippen molar-refractivity contribution in [3.05, 3.63) is 323 Å². The molecule has 7 fully saturated rings. The average molecular weight is 1850 g/mol. The summed E-state index contributed by atoms with van der Waals surface area (Å²) >= 11 is 0. The van der Waals surface area contributed by atoms with Crippen molar-refractivity contribution in [3.8, 4) is 56.3 Å². The fraction of sp³-hybridized carbons (Fsp3) is 0.440. The molecule has 15 aromatic rings. The lowest BCUT2D eigenvalue weighted by atomic mass is 9.76. The van der Waals surface area contributed by atoms with Crippen molar-refractivity contribution < 1.29 is 32.4 Å². The highest BCUT2D eigenvalue weighted by atomic mass is 15.0. The second-order valence-corrected chi connectivity index (χ2v) is 44.3. The van der Waals surface area contributed by atoms with Crippen LogP contribution in [0.5, 0.6) is 0 Å². The fourth-order valence-corrected chi connectivity index (χ4v) is 25.8. The molecular weight excluding hydrogens is 1680 g/mol. The molecule has 0 saturated heterocycles. The molecule has 22 rings (SSSR count). The minimum absolute atomic E-state index is 0.293. The lowest BCUT2D eigenvalue weighted by Crippen LogP contribution is -2.35. The average Bonchev–Trinajstić information content (AvgIpc) is 1.04. The van der Waals surface area contributed by atoms with E-state index in [0.29, 0.717) is 84.0 Å². The summed E-state index contributed by atoms with van der Waals surface area (Å²) in [6, 6.07) is 61.8. The zero-order valence-corrected chi connectivity index (χ0v) is 88.4. The highest BCUT2D eigenvalue weighted by Crippen LogP contribution is 2.49. The molecule has 0 amide bonds. The Morgan fingerprint density at radius 1 is 0.216 bits per heavy atom. The Balaban J connectivity index is 0.000000120. The van der Waals surface area contributed by atoms with E-state index >= 15 is 0 Å². The van der Waals surface area contributed by atoms with Gasteiger partial charge in [0.15, 0.2) is 29.4 Å². The molecule has 10 aromatic carbocycles. The van der Waals surface area contributed by atoms with Crippen LogP contribution in [-0.4, -0.2) is 0 Å². The third-order valence-corrected chi connectivity index (χ3v) is 34.6. The SMILES string of the molecule is [2H]c1c(C)[n+](C)c(-c2cc(C3CCCC3)cc(C)c2C)c2ccc(C)cc12.[2H]c1c(C)[n+](C)c(-c2cc(C3CCCCC3)cc(C)c2C)c2ccc(C)cc12.[2H]c1c(C)[n+](C)c(-c2cc(C3CCCCC3)ccc2C)c2ccc(C)cc12.[2H]c1c([2H])[n+](C)c(-c2cc(C3CCCC3)cc(C3CCCC3)c2C)c2ccc(C)cc12.[2H]c1c([2H])[n+](C)c(-c2cc(C3CCCCC3)cc(C3CCCCC3)c2C)c2ccc(C)cc12. The third-order valence-electron chi connectivity index (χ3n) is 34.6. The maximum absolute atomic E-state index is 8.73. The van der Waals surface area contributed by atoms with Gasteiger partial charge in [0.05, 0.1) is 56.0 Å². The predicted molar refractivity (Wildman–Crippen MR) is 591 cm³/mol. The molecule has 7 aliphatic carbocycles. The van der Waals surface area contributed by atoms with Crippen molar-refractivity contribution in [2.75, 3.05) is 0 Å². The zero-order valence-electron chi connectivity index (χ0n) is 95.4. The van der Waals surface area contributed by atoms with E-state index in [4.69, 9.17) is 9.60 Å². The molecule has 720 valence electrons. The van der Waals surface area contributed by atoms with Gasteiger partial charge in [0.1, 0.15) is 38.0 Å². The first-order valence-corrected chi connectivity index (χ1v) is 54.3. The van der Waals surface area contributed by atoms with Gasteiger partial charge in [0, 0.05) is 56.5 Å². The Kier molecular flexibility index (Phi) is 28.0. The summed E-state index contributed by atoms with van der Waals surface area (Å²) in [5, 5.41) is 10.7. The number of pyridine rings is 5. The molecule has 0 atom stereocenters. The maximum atomic E-state index is 8.73. The van der Waals surface area contributed by atoms with Gasteiger partial charge in [-0.15, -0.1) is 0 Å². The van der Waals surface area contributed by atoms with Gasteiger partial charge in [-0.3, -0.25) is 0 Å². The van der Waals surface area contributed by atoms with Gasteiger partial charge in [-0.05, 0) is 380 Å². The lowest BCUT2D eigenvalue weighted by Gasteiger charge is -2.28. The highest BCUT2D eigenvalue weighted by Gasteiger charge is 2.34. The normalized spacial score (nSPS) is 17.4. The number of hydrogen-bond donors (Lipinski definition) is 0. The first-order valence-electron chi connectivity index (χ1n) is 57.8. The molecule has 5 nitrogen and oxygen atoms in total. The summed E-state index contributed by atoms with van der Waals surface area (Å²) in [6.45, 7) is 32.5. The summed E-state index contributed by atoms with van der Waals surface area (Å²) < 4.78 is 71.1. The van der Waals surface area contributed by atoms with Crippen LogP contribution in [0.2, 0.25) is 0 Å². The van der Waals surface area contributed by atoms with Crippen molar-refractivity contribution in [1.82, 2.24) is 0 Å². The van der Waals surface area contributed by atoms with Gasteiger partial charge in [0.25, 0.3) is 0 Å². The van der Waals surface area contributed by atoms with E-state index in [9.17, 15) is 0 Å². The number of aryl methyl sites for hydroxylation is 8. The summed E-state index contributed by atoms with van der Waals surface area (Å²) in [6.07, 6.45) is 43.3. The van der Waals surface area contributed by atoms with E-state index in [1.165, 1.54) is 350 Å². The summed E-state index contributed by atoms with van der Waals surface area (Å²) in [4.78, 5) is 0. The van der Waals surface area contributed by atoms with E-state index < -0.39 is 0 Å². The minimum Gasteiger partial charge on any atom is -0.200 e. The Bertz CT molecular complexity index is 7500. The Labute approximate surface area is 846 Å². The molecule has 0 unspecified atom stereocenters. The van der Waals surface area contributed by atoms with Crippen LogP contribution >= 0.6 is 0 Å². The van der Waals surface area contributed by atoms with Crippen LogP contribution in [0.1, 0.15) is 379 Å². The maximum Gasteiger partial charge on any atom is 0.220 e. The zero-order chi connectivity index (χ0) is 103. The largest absolute Gasteiger partial charge is 0.220 e. The molecule has 0 bridgehead atoms. The quantitative estimate of drug-likeness (QED) is 0.109. The molecule has 5 heterocycles. The van der Waals surface area contributed by atoms with Gasteiger partial charge in [-0.25, -0.2) is 9.13 Å². The Hall–Kier alpha value is -10.8. The van der Waals surface area contributed by atoms with Crippen LogP contribution in [0, 0.1) is 104 Å². The van der Waals surface area contributed by atoms with Gasteiger partial charge >= 0.3 is 0 Å². The highest BCUT2D eigenvalue weighted by molar-refractivity contribution is 5.99. The molecule has 0 radical (unpaired) electrons. The van der Waals surface area contributed by atoms with Crippen LogP contribution in [0.3, 0.4) is 0 Å². The number of benzene rings is 10. The second kappa shape index (κ2) is 43.4. The minimum atomic E-state index is 0.293. The molecule has 0 N–H and O–H groups in total.